The molecular formula is C17H29N3. The Kier molecular flexibility index (Phi) is 4.64. The molecule has 0 aromatic carbocycles. The van der Waals surface area contributed by atoms with E-state index in [1.807, 2.05) is 0 Å². The van der Waals surface area contributed by atoms with E-state index in [0.717, 1.165) is 24.1 Å². The fraction of sp³-hybridized carbons (Fsp3) is 0.824. The molecule has 112 valence electrons. The van der Waals surface area contributed by atoms with Gasteiger partial charge in [-0.15, -0.1) is 0 Å². The molecule has 0 aliphatic heterocycles. The smallest absolute Gasteiger partial charge is 0.203 e. The summed E-state index contributed by atoms with van der Waals surface area (Å²) < 4.78 is 2.43. The Bertz CT molecular complexity index is 412. The number of aryl methyl sites for hydroxylation is 1. The second-order valence-electron chi connectivity index (χ2n) is 6.79. The van der Waals surface area contributed by atoms with Crippen molar-refractivity contribution >= 4 is 5.95 Å². The number of hydrogen-bond donors (Lipinski definition) is 1. The molecular weight excluding hydrogens is 246 g/mol. The molecule has 0 radical (unpaired) electrons. The number of nitrogens with zero attached hydrogens (tertiary/aromatic N) is 2. The number of imidazole rings is 1. The highest BCUT2D eigenvalue weighted by molar-refractivity contribution is 5.29. The fourth-order valence-electron chi connectivity index (χ4n) is 3.91. The topological polar surface area (TPSA) is 29.9 Å². The third kappa shape index (κ3) is 3.36. The maximum absolute atomic E-state index is 4.72. The zero-order valence-corrected chi connectivity index (χ0v) is 12.9. The number of rotatable bonds is 4. The van der Waals surface area contributed by atoms with Crippen LogP contribution in [0, 0.1) is 12.8 Å². The lowest BCUT2D eigenvalue weighted by Crippen LogP contribution is -2.21. The van der Waals surface area contributed by atoms with Crippen LogP contribution >= 0.6 is 0 Å². The molecule has 0 bridgehead atoms. The molecule has 0 unspecified atom stereocenters. The highest BCUT2D eigenvalue weighted by Crippen LogP contribution is 2.31. The van der Waals surface area contributed by atoms with Crippen LogP contribution < -0.4 is 5.32 Å². The zero-order chi connectivity index (χ0) is 13.8. The maximum atomic E-state index is 4.72. The normalized spacial score (nSPS) is 22.1. The van der Waals surface area contributed by atoms with Gasteiger partial charge in [0.15, 0.2) is 0 Å². The van der Waals surface area contributed by atoms with Crippen LogP contribution in [0.15, 0.2) is 6.20 Å². The van der Waals surface area contributed by atoms with Crippen molar-refractivity contribution in [2.24, 2.45) is 5.92 Å². The molecule has 2 fully saturated rings. The molecule has 1 N–H and O–H groups in total. The predicted octanol–water partition coefficient (Wildman–Crippen LogP) is 4.69. The van der Waals surface area contributed by atoms with E-state index in [0.29, 0.717) is 6.04 Å². The number of nitrogens with one attached hydrogen (secondary N) is 1. The van der Waals surface area contributed by atoms with Gasteiger partial charge in [-0.3, -0.25) is 0 Å². The minimum Gasteiger partial charge on any atom is -0.355 e. The van der Waals surface area contributed by atoms with Crippen LogP contribution in [0.1, 0.15) is 75.9 Å². The Morgan fingerprint density at radius 2 is 1.70 bits per heavy atom. The minimum absolute atomic E-state index is 0.679. The first-order valence-corrected chi connectivity index (χ1v) is 8.62. The van der Waals surface area contributed by atoms with Crippen molar-refractivity contribution in [3.8, 4) is 0 Å². The minimum atomic E-state index is 0.679. The van der Waals surface area contributed by atoms with Gasteiger partial charge in [-0.25, -0.2) is 4.98 Å². The molecule has 3 rings (SSSR count). The molecule has 2 aliphatic rings. The van der Waals surface area contributed by atoms with Gasteiger partial charge < -0.3 is 9.88 Å². The molecule has 1 aromatic rings. The van der Waals surface area contributed by atoms with Crippen molar-refractivity contribution < 1.29 is 0 Å². The fourth-order valence-corrected chi connectivity index (χ4v) is 3.91. The summed E-state index contributed by atoms with van der Waals surface area (Å²) in [4.78, 5) is 4.72. The molecule has 3 heteroatoms. The van der Waals surface area contributed by atoms with E-state index in [2.05, 4.69) is 23.0 Å². The quantitative estimate of drug-likeness (QED) is 0.864. The Morgan fingerprint density at radius 1 is 1.05 bits per heavy atom. The average molecular weight is 275 g/mol. The van der Waals surface area contributed by atoms with Gasteiger partial charge >= 0.3 is 0 Å². The van der Waals surface area contributed by atoms with Crippen LogP contribution in [0.5, 0.6) is 0 Å². The number of anilines is 1. The highest BCUT2D eigenvalue weighted by atomic mass is 15.2. The maximum Gasteiger partial charge on any atom is 0.203 e. The van der Waals surface area contributed by atoms with E-state index in [9.17, 15) is 0 Å². The molecule has 20 heavy (non-hydrogen) atoms. The molecule has 2 aliphatic carbocycles. The van der Waals surface area contributed by atoms with Crippen molar-refractivity contribution in [1.82, 2.24) is 9.55 Å². The predicted molar refractivity (Wildman–Crippen MR) is 84.2 cm³/mol. The third-order valence-corrected chi connectivity index (χ3v) is 5.09. The summed E-state index contributed by atoms with van der Waals surface area (Å²) in [5.41, 5.74) is 1.15. The first-order valence-electron chi connectivity index (χ1n) is 8.62. The van der Waals surface area contributed by atoms with Crippen LogP contribution in [-0.2, 0) is 0 Å². The van der Waals surface area contributed by atoms with Gasteiger partial charge in [-0.05, 0) is 38.5 Å². The second kappa shape index (κ2) is 6.64. The van der Waals surface area contributed by atoms with Gasteiger partial charge in [0, 0.05) is 18.8 Å². The lowest BCUT2D eigenvalue weighted by Gasteiger charge is -2.26. The Balaban J connectivity index is 1.62. The first kappa shape index (κ1) is 14.0. The Morgan fingerprint density at radius 3 is 2.40 bits per heavy atom. The van der Waals surface area contributed by atoms with Gasteiger partial charge in [-0.2, -0.15) is 0 Å². The van der Waals surface area contributed by atoms with Crippen LogP contribution in [0.3, 0.4) is 0 Å². The van der Waals surface area contributed by atoms with Crippen molar-refractivity contribution in [2.45, 2.75) is 77.2 Å². The third-order valence-electron chi connectivity index (χ3n) is 5.09. The molecule has 2 saturated carbocycles. The van der Waals surface area contributed by atoms with E-state index in [4.69, 9.17) is 4.98 Å². The van der Waals surface area contributed by atoms with E-state index < -0.39 is 0 Å². The molecule has 0 saturated heterocycles. The Hall–Kier alpha value is -0.990. The van der Waals surface area contributed by atoms with Crippen molar-refractivity contribution in [2.75, 3.05) is 11.9 Å². The van der Waals surface area contributed by atoms with Crippen molar-refractivity contribution in [3.63, 3.8) is 0 Å². The lowest BCUT2D eigenvalue weighted by atomic mass is 9.89. The van der Waals surface area contributed by atoms with E-state index >= 15 is 0 Å². The lowest BCUT2D eigenvalue weighted by molar-refractivity contribution is 0.351. The summed E-state index contributed by atoms with van der Waals surface area (Å²) >= 11 is 0. The van der Waals surface area contributed by atoms with Crippen LogP contribution in [0.4, 0.5) is 5.95 Å². The standard InChI is InChI=1S/C17H29N3/c1-14-13-20(16-10-6-3-7-11-16)17(19-14)18-12-15-8-4-2-5-9-15/h13,15-16H,2-12H2,1H3,(H,18,19). The van der Waals surface area contributed by atoms with Gasteiger partial charge in [0.25, 0.3) is 0 Å². The van der Waals surface area contributed by atoms with Crippen LogP contribution in [0.25, 0.3) is 0 Å². The second-order valence-corrected chi connectivity index (χ2v) is 6.79. The summed E-state index contributed by atoms with van der Waals surface area (Å²) in [5.74, 6) is 1.99. The molecule has 0 amide bonds. The molecule has 1 heterocycles. The average Bonchev–Trinajstić information content (AvgIpc) is 2.88. The van der Waals surface area contributed by atoms with E-state index in [-0.39, 0.29) is 0 Å². The SMILES string of the molecule is Cc1cn(C2CCCCC2)c(NCC2CCCCC2)n1. The number of hydrogen-bond acceptors (Lipinski definition) is 2. The summed E-state index contributed by atoms with van der Waals surface area (Å²) in [5, 5.41) is 3.65. The zero-order valence-electron chi connectivity index (χ0n) is 12.9. The summed E-state index contributed by atoms with van der Waals surface area (Å²) in [6, 6.07) is 0.679. The van der Waals surface area contributed by atoms with Gasteiger partial charge in [0.2, 0.25) is 5.95 Å². The van der Waals surface area contributed by atoms with E-state index in [1.54, 1.807) is 0 Å². The first-order chi connectivity index (χ1) is 9.83. The summed E-state index contributed by atoms with van der Waals surface area (Å²) in [7, 11) is 0. The van der Waals surface area contributed by atoms with Crippen molar-refractivity contribution in [1.29, 1.82) is 0 Å². The highest BCUT2D eigenvalue weighted by Gasteiger charge is 2.20. The molecule has 3 nitrogen and oxygen atoms in total. The van der Waals surface area contributed by atoms with Gasteiger partial charge in [0.05, 0.1) is 5.69 Å². The molecule has 0 atom stereocenters. The van der Waals surface area contributed by atoms with Crippen LogP contribution in [-0.4, -0.2) is 16.1 Å². The van der Waals surface area contributed by atoms with Gasteiger partial charge in [-0.1, -0.05) is 38.5 Å². The monoisotopic (exact) mass is 275 g/mol. The molecule has 1 aromatic heterocycles. The van der Waals surface area contributed by atoms with Gasteiger partial charge in [0.1, 0.15) is 0 Å². The largest absolute Gasteiger partial charge is 0.355 e. The van der Waals surface area contributed by atoms with Crippen LogP contribution in [0.2, 0.25) is 0 Å². The molecule has 0 spiro atoms. The summed E-state index contributed by atoms with van der Waals surface area (Å²) in [6.45, 7) is 3.23. The van der Waals surface area contributed by atoms with Crippen molar-refractivity contribution in [3.05, 3.63) is 11.9 Å². The number of aromatic nitrogens is 2. The Labute approximate surface area is 123 Å². The van der Waals surface area contributed by atoms with E-state index in [1.165, 1.54) is 64.2 Å². The summed E-state index contributed by atoms with van der Waals surface area (Å²) in [6.07, 6.45) is 16.1.